The number of unbranched alkanes of at least 4 members (excludes halogenated alkanes) is 1. The number of imidazole rings is 1. The van der Waals surface area contributed by atoms with Crippen molar-refractivity contribution in [3.63, 3.8) is 0 Å². The third-order valence-electron chi connectivity index (χ3n) is 3.62. The average Bonchev–Trinajstić information content (AvgIpc) is 2.94. The fraction of sp³-hybridized carbons (Fsp3) is 0.438. The van der Waals surface area contributed by atoms with Crippen LogP contribution >= 0.6 is 0 Å². The molecular formula is C16H23N3. The Morgan fingerprint density at radius 3 is 2.68 bits per heavy atom. The van der Waals surface area contributed by atoms with Gasteiger partial charge in [0, 0.05) is 6.04 Å². The normalized spacial score (nSPS) is 14.3. The zero-order valence-corrected chi connectivity index (χ0v) is 11.8. The van der Waals surface area contributed by atoms with Crippen LogP contribution in [0.2, 0.25) is 0 Å². The van der Waals surface area contributed by atoms with Crippen LogP contribution in [0.4, 0.5) is 0 Å². The Bertz CT molecular complexity index is 490. The summed E-state index contributed by atoms with van der Waals surface area (Å²) in [6, 6.07) is 10.5. The molecule has 0 spiro atoms. The molecule has 0 aliphatic heterocycles. The number of nitrogens with zero attached hydrogens (tertiary/aromatic N) is 2. The standard InChI is InChI=1S/C16H23N3/c1-3-4-8-13(2)19-12-18-11-15(19)16(17)14-9-6-5-7-10-14/h5-7,9-13,16H,3-4,8,17H2,1-2H3. The van der Waals surface area contributed by atoms with Crippen LogP contribution in [0.15, 0.2) is 42.9 Å². The van der Waals surface area contributed by atoms with Crippen molar-refractivity contribution < 1.29 is 0 Å². The summed E-state index contributed by atoms with van der Waals surface area (Å²) < 4.78 is 2.22. The van der Waals surface area contributed by atoms with Crippen molar-refractivity contribution >= 4 is 0 Å². The molecule has 2 atom stereocenters. The number of benzene rings is 1. The highest BCUT2D eigenvalue weighted by atomic mass is 15.1. The van der Waals surface area contributed by atoms with Crippen LogP contribution in [-0.4, -0.2) is 9.55 Å². The topological polar surface area (TPSA) is 43.8 Å². The predicted molar refractivity (Wildman–Crippen MR) is 78.9 cm³/mol. The minimum Gasteiger partial charge on any atom is -0.330 e. The lowest BCUT2D eigenvalue weighted by molar-refractivity contribution is 0.466. The van der Waals surface area contributed by atoms with Crippen LogP contribution in [-0.2, 0) is 0 Å². The monoisotopic (exact) mass is 257 g/mol. The van der Waals surface area contributed by atoms with Crippen molar-refractivity contribution in [1.82, 2.24) is 9.55 Å². The lowest BCUT2D eigenvalue weighted by Gasteiger charge is -2.20. The van der Waals surface area contributed by atoms with Crippen LogP contribution in [0.1, 0.15) is 56.5 Å². The van der Waals surface area contributed by atoms with Crippen LogP contribution in [0, 0.1) is 0 Å². The fourth-order valence-corrected chi connectivity index (χ4v) is 2.39. The minimum absolute atomic E-state index is 0.104. The highest BCUT2D eigenvalue weighted by Gasteiger charge is 2.16. The first-order valence-corrected chi connectivity index (χ1v) is 7.06. The molecule has 0 fully saturated rings. The second-order valence-corrected chi connectivity index (χ2v) is 5.11. The number of hydrogen-bond donors (Lipinski definition) is 1. The Hall–Kier alpha value is -1.61. The fourth-order valence-electron chi connectivity index (χ4n) is 2.39. The molecule has 1 aromatic carbocycles. The first-order chi connectivity index (χ1) is 9.24. The van der Waals surface area contributed by atoms with Gasteiger partial charge in [-0.3, -0.25) is 0 Å². The summed E-state index contributed by atoms with van der Waals surface area (Å²) in [5.41, 5.74) is 8.59. The molecule has 3 nitrogen and oxygen atoms in total. The summed E-state index contributed by atoms with van der Waals surface area (Å²) in [5, 5.41) is 0. The predicted octanol–water partition coefficient (Wildman–Crippen LogP) is 3.68. The summed E-state index contributed by atoms with van der Waals surface area (Å²) in [4.78, 5) is 4.28. The third-order valence-corrected chi connectivity index (χ3v) is 3.62. The maximum Gasteiger partial charge on any atom is 0.0951 e. The quantitative estimate of drug-likeness (QED) is 0.857. The molecule has 0 bridgehead atoms. The largest absolute Gasteiger partial charge is 0.330 e. The van der Waals surface area contributed by atoms with Crippen molar-refractivity contribution in [1.29, 1.82) is 0 Å². The van der Waals surface area contributed by atoms with E-state index in [1.54, 1.807) is 0 Å². The maximum absolute atomic E-state index is 6.37. The summed E-state index contributed by atoms with van der Waals surface area (Å²) in [7, 11) is 0. The van der Waals surface area contributed by atoms with Crippen molar-refractivity contribution in [2.45, 2.75) is 45.2 Å². The molecule has 102 valence electrons. The van der Waals surface area contributed by atoms with Crippen LogP contribution in [0.3, 0.4) is 0 Å². The van der Waals surface area contributed by atoms with E-state index in [0.29, 0.717) is 6.04 Å². The molecule has 3 heteroatoms. The maximum atomic E-state index is 6.37. The van der Waals surface area contributed by atoms with Gasteiger partial charge in [0.15, 0.2) is 0 Å². The molecule has 2 unspecified atom stereocenters. The van der Waals surface area contributed by atoms with Crippen LogP contribution < -0.4 is 5.73 Å². The van der Waals surface area contributed by atoms with Crippen molar-refractivity contribution in [2.24, 2.45) is 5.73 Å². The second-order valence-electron chi connectivity index (χ2n) is 5.11. The molecular weight excluding hydrogens is 234 g/mol. The van der Waals surface area contributed by atoms with E-state index in [1.807, 2.05) is 30.7 Å². The van der Waals surface area contributed by atoms with Gasteiger partial charge in [0.1, 0.15) is 0 Å². The van der Waals surface area contributed by atoms with E-state index in [2.05, 4.69) is 35.5 Å². The highest BCUT2D eigenvalue weighted by molar-refractivity contribution is 5.26. The molecule has 2 rings (SSSR count). The van der Waals surface area contributed by atoms with E-state index in [-0.39, 0.29) is 6.04 Å². The van der Waals surface area contributed by atoms with Crippen molar-refractivity contribution in [2.75, 3.05) is 0 Å². The Labute approximate surface area is 115 Å². The molecule has 0 aliphatic rings. The van der Waals surface area contributed by atoms with E-state index in [9.17, 15) is 0 Å². The van der Waals surface area contributed by atoms with Gasteiger partial charge in [-0.1, -0.05) is 50.1 Å². The summed E-state index contributed by atoms with van der Waals surface area (Å²) in [6.07, 6.45) is 7.42. The molecule has 0 radical (unpaired) electrons. The Morgan fingerprint density at radius 1 is 1.26 bits per heavy atom. The lowest BCUT2D eigenvalue weighted by Crippen LogP contribution is -2.18. The van der Waals surface area contributed by atoms with Crippen LogP contribution in [0.25, 0.3) is 0 Å². The van der Waals surface area contributed by atoms with Gasteiger partial charge in [-0.25, -0.2) is 4.98 Å². The highest BCUT2D eigenvalue weighted by Crippen LogP contribution is 2.24. The van der Waals surface area contributed by atoms with Gasteiger partial charge >= 0.3 is 0 Å². The molecule has 0 saturated heterocycles. The number of nitrogens with two attached hydrogens (primary N) is 1. The molecule has 1 heterocycles. The van der Waals surface area contributed by atoms with Gasteiger partial charge in [-0.15, -0.1) is 0 Å². The SMILES string of the molecule is CCCCC(C)n1cncc1C(N)c1ccccc1. The van der Waals surface area contributed by atoms with E-state index in [4.69, 9.17) is 5.73 Å². The Morgan fingerprint density at radius 2 is 2.00 bits per heavy atom. The van der Waals surface area contributed by atoms with Crippen LogP contribution in [0.5, 0.6) is 0 Å². The molecule has 19 heavy (non-hydrogen) atoms. The average molecular weight is 257 g/mol. The van der Waals surface area contributed by atoms with Gasteiger partial charge in [0.05, 0.1) is 24.3 Å². The van der Waals surface area contributed by atoms with E-state index in [1.165, 1.54) is 19.3 Å². The van der Waals surface area contributed by atoms with Crippen molar-refractivity contribution in [3.8, 4) is 0 Å². The zero-order valence-electron chi connectivity index (χ0n) is 11.8. The van der Waals surface area contributed by atoms with E-state index >= 15 is 0 Å². The van der Waals surface area contributed by atoms with Crippen molar-refractivity contribution in [3.05, 3.63) is 54.1 Å². The first kappa shape index (κ1) is 13.8. The van der Waals surface area contributed by atoms with Gasteiger partial charge < -0.3 is 10.3 Å². The van der Waals surface area contributed by atoms with E-state index < -0.39 is 0 Å². The first-order valence-electron chi connectivity index (χ1n) is 7.06. The minimum atomic E-state index is -0.104. The smallest absolute Gasteiger partial charge is 0.0951 e. The van der Waals surface area contributed by atoms with Gasteiger partial charge in [-0.05, 0) is 18.9 Å². The summed E-state index contributed by atoms with van der Waals surface area (Å²) >= 11 is 0. The zero-order chi connectivity index (χ0) is 13.7. The third kappa shape index (κ3) is 3.24. The lowest BCUT2D eigenvalue weighted by atomic mass is 10.0. The number of rotatable bonds is 6. The number of hydrogen-bond acceptors (Lipinski definition) is 2. The Balaban J connectivity index is 2.19. The molecule has 1 aromatic heterocycles. The molecule has 0 saturated carbocycles. The number of aromatic nitrogens is 2. The second kappa shape index (κ2) is 6.53. The van der Waals surface area contributed by atoms with E-state index in [0.717, 1.165) is 11.3 Å². The molecule has 2 aromatic rings. The Kier molecular flexibility index (Phi) is 4.74. The molecule has 0 aliphatic carbocycles. The van der Waals surface area contributed by atoms with Gasteiger partial charge in [0.2, 0.25) is 0 Å². The molecule has 0 amide bonds. The molecule has 2 N–H and O–H groups in total. The van der Waals surface area contributed by atoms with Gasteiger partial charge in [-0.2, -0.15) is 0 Å². The van der Waals surface area contributed by atoms with Gasteiger partial charge in [0.25, 0.3) is 0 Å². The summed E-state index contributed by atoms with van der Waals surface area (Å²) in [6.45, 7) is 4.45. The summed E-state index contributed by atoms with van der Waals surface area (Å²) in [5.74, 6) is 0.